The van der Waals surface area contributed by atoms with Crippen molar-refractivity contribution < 1.29 is 9.59 Å². The van der Waals surface area contributed by atoms with E-state index in [1.807, 2.05) is 35.8 Å². The Bertz CT molecular complexity index is 903. The van der Waals surface area contributed by atoms with E-state index in [1.54, 1.807) is 11.1 Å². The van der Waals surface area contributed by atoms with Gasteiger partial charge in [0.05, 0.1) is 12.2 Å². The molecule has 1 saturated heterocycles. The maximum absolute atomic E-state index is 11.3. The zero-order chi connectivity index (χ0) is 23.5. The van der Waals surface area contributed by atoms with Gasteiger partial charge in [0, 0.05) is 31.1 Å². The number of hydrogen-bond donors (Lipinski definition) is 1. The number of carbonyl (C=O) groups is 2. The Morgan fingerprint density at radius 1 is 1.31 bits per heavy atom. The summed E-state index contributed by atoms with van der Waals surface area (Å²) in [5.74, 6) is 0.805. The number of fused-ring (bicyclic) bond motifs is 1. The zero-order valence-corrected chi connectivity index (χ0v) is 20.3. The third kappa shape index (κ3) is 7.04. The molecule has 6 nitrogen and oxygen atoms in total. The summed E-state index contributed by atoms with van der Waals surface area (Å²) in [7, 11) is 0. The van der Waals surface area contributed by atoms with Crippen molar-refractivity contribution in [3.8, 4) is 0 Å². The van der Waals surface area contributed by atoms with Gasteiger partial charge in [-0.25, -0.2) is 4.98 Å². The maximum atomic E-state index is 11.3. The number of Topliss-reactive ketones (excluding diaryl/α,β-unsaturated/α-hetero) is 1. The van der Waals surface area contributed by atoms with E-state index in [4.69, 9.17) is 11.6 Å². The van der Waals surface area contributed by atoms with Crippen LogP contribution in [-0.2, 0) is 17.8 Å². The summed E-state index contributed by atoms with van der Waals surface area (Å²) in [6.07, 6.45) is 10.4. The van der Waals surface area contributed by atoms with Gasteiger partial charge in [-0.15, -0.1) is 0 Å². The molecule has 1 N–H and O–H groups in total. The van der Waals surface area contributed by atoms with Crippen molar-refractivity contribution in [2.45, 2.75) is 65.6 Å². The van der Waals surface area contributed by atoms with E-state index in [9.17, 15) is 9.59 Å². The lowest BCUT2D eigenvalue weighted by Crippen LogP contribution is -2.36. The molecule has 1 amide bonds. The lowest BCUT2D eigenvalue weighted by molar-refractivity contribution is -0.121. The Balaban J connectivity index is 0.000000183. The van der Waals surface area contributed by atoms with Crippen LogP contribution >= 0.6 is 11.6 Å². The Morgan fingerprint density at radius 2 is 2.06 bits per heavy atom. The molecule has 1 fully saturated rings. The van der Waals surface area contributed by atoms with Crippen LogP contribution in [0.2, 0.25) is 5.02 Å². The van der Waals surface area contributed by atoms with Crippen LogP contribution in [0.5, 0.6) is 0 Å². The fourth-order valence-corrected chi connectivity index (χ4v) is 4.10. The topological polar surface area (TPSA) is 67.2 Å². The van der Waals surface area contributed by atoms with Gasteiger partial charge in [-0.2, -0.15) is 0 Å². The number of aryl methyl sites for hydroxylation is 1. The lowest BCUT2D eigenvalue weighted by Gasteiger charge is -2.31. The first-order chi connectivity index (χ1) is 15.4. The molecule has 4 rings (SSSR count). The van der Waals surface area contributed by atoms with Gasteiger partial charge in [0.15, 0.2) is 5.78 Å². The molecule has 2 aromatic rings. The summed E-state index contributed by atoms with van der Waals surface area (Å²) in [5, 5.41) is 4.25. The largest absolute Gasteiger partial charge is 0.334 e. The molecule has 2 atom stereocenters. The van der Waals surface area contributed by atoms with E-state index in [0.717, 1.165) is 23.7 Å². The molecule has 0 spiro atoms. The van der Waals surface area contributed by atoms with Gasteiger partial charge in [0.2, 0.25) is 6.41 Å². The van der Waals surface area contributed by atoms with Crippen LogP contribution in [-0.4, -0.2) is 45.8 Å². The maximum Gasteiger partial charge on any atom is 0.210 e. The molecule has 2 aliphatic heterocycles. The van der Waals surface area contributed by atoms with Gasteiger partial charge in [-0.1, -0.05) is 48.9 Å². The highest BCUT2D eigenvalue weighted by Gasteiger charge is 2.26. The molecule has 7 heteroatoms. The fourth-order valence-electron chi connectivity index (χ4n) is 3.83. The molecule has 0 radical (unpaired) electrons. The van der Waals surface area contributed by atoms with Crippen molar-refractivity contribution in [2.75, 3.05) is 13.1 Å². The average Bonchev–Trinajstić information content (AvgIpc) is 3.46. The molecule has 1 aromatic heterocycles. The summed E-state index contributed by atoms with van der Waals surface area (Å²) >= 11 is 5.82. The second-order valence-electron chi connectivity index (χ2n) is 7.90. The van der Waals surface area contributed by atoms with Crippen LogP contribution in [0.3, 0.4) is 0 Å². The quantitative estimate of drug-likeness (QED) is 0.404. The van der Waals surface area contributed by atoms with E-state index < -0.39 is 0 Å². The zero-order valence-electron chi connectivity index (χ0n) is 19.6. The molecule has 174 valence electrons. The number of rotatable bonds is 4. The van der Waals surface area contributed by atoms with Crippen LogP contribution in [0.4, 0.5) is 0 Å². The highest BCUT2D eigenvalue weighted by molar-refractivity contribution is 6.31. The van der Waals surface area contributed by atoms with E-state index >= 15 is 0 Å². The van der Waals surface area contributed by atoms with Crippen molar-refractivity contribution in [3.05, 3.63) is 64.7 Å². The second-order valence-corrected chi connectivity index (χ2v) is 8.31. The molecular weight excluding hydrogens is 424 g/mol. The Kier molecular flexibility index (Phi) is 10.6. The predicted octanol–water partition coefficient (Wildman–Crippen LogP) is 4.84. The van der Waals surface area contributed by atoms with Crippen LogP contribution in [0.1, 0.15) is 68.5 Å². The number of aromatic nitrogens is 2. The van der Waals surface area contributed by atoms with Crippen LogP contribution in [0, 0.1) is 0 Å². The molecule has 0 bridgehead atoms. The monoisotopic (exact) mass is 458 g/mol. The van der Waals surface area contributed by atoms with Gasteiger partial charge in [0.25, 0.3) is 0 Å². The number of carbonyl (C=O) groups excluding carboxylic acids is 2. The van der Waals surface area contributed by atoms with Crippen LogP contribution in [0.25, 0.3) is 0 Å². The average molecular weight is 459 g/mol. The molecule has 2 aliphatic rings. The molecule has 2 unspecified atom stereocenters. The third-order valence-corrected chi connectivity index (χ3v) is 6.07. The fraction of sp³-hybridized carbons (Fsp3) is 0.480. The summed E-state index contributed by atoms with van der Waals surface area (Å²) in [5.41, 5.74) is 1.85. The number of ketones is 1. The lowest BCUT2D eigenvalue weighted by atomic mass is 10.2. The second kappa shape index (κ2) is 13.2. The number of benzene rings is 1. The summed E-state index contributed by atoms with van der Waals surface area (Å²) in [6, 6.07) is 8.54. The first-order valence-corrected chi connectivity index (χ1v) is 11.7. The van der Waals surface area contributed by atoms with E-state index in [1.165, 1.54) is 31.9 Å². The van der Waals surface area contributed by atoms with Crippen LogP contribution < -0.4 is 5.32 Å². The highest BCUT2D eigenvalue weighted by atomic mass is 35.5. The Labute approximate surface area is 196 Å². The predicted molar refractivity (Wildman–Crippen MR) is 130 cm³/mol. The van der Waals surface area contributed by atoms with E-state index in [-0.39, 0.29) is 11.8 Å². The van der Waals surface area contributed by atoms with Gasteiger partial charge < -0.3 is 14.8 Å². The normalized spacial score (nSPS) is 19.5. The molecule has 0 saturated carbocycles. The van der Waals surface area contributed by atoms with Gasteiger partial charge in [-0.05, 0) is 51.3 Å². The standard InChI is InChI=1S/C10H13N3O2.C8H9Cl.C7H13N/c1-7-10-11-5-9(8(2)15)13(10)4-3-12(7)6-14;1-2-7-5-3-4-6-8(7)9;1-2-4-7-5-3-6-8-7/h5-7H,3-4H2,1-2H3;3-6H,2H2,1H3;2,4,7-8H,3,5-6H2,1H3/b;;4-2+. The van der Waals surface area contributed by atoms with Crippen molar-refractivity contribution in [3.63, 3.8) is 0 Å². The number of nitrogens with zero attached hydrogens (tertiary/aromatic N) is 3. The minimum atomic E-state index is -0.0515. The molecule has 0 aliphatic carbocycles. The minimum absolute atomic E-state index is 0.0144. The molecule has 3 heterocycles. The summed E-state index contributed by atoms with van der Waals surface area (Å²) in [4.78, 5) is 27.9. The summed E-state index contributed by atoms with van der Waals surface area (Å²) in [6.45, 7) is 10.1. The highest BCUT2D eigenvalue weighted by Crippen LogP contribution is 2.23. The Morgan fingerprint density at radius 3 is 2.59 bits per heavy atom. The van der Waals surface area contributed by atoms with Gasteiger partial charge in [-0.3, -0.25) is 9.59 Å². The minimum Gasteiger partial charge on any atom is -0.334 e. The number of amides is 1. The number of hydrogen-bond acceptors (Lipinski definition) is 4. The molecule has 32 heavy (non-hydrogen) atoms. The van der Waals surface area contributed by atoms with Crippen molar-refractivity contribution >= 4 is 23.8 Å². The molecular formula is C25H35ClN4O2. The number of allylic oxidation sites excluding steroid dienone is 1. The third-order valence-electron chi connectivity index (χ3n) is 5.70. The number of imidazole rings is 1. The SMILES string of the molecule is C/C=C/C1CCCN1.CC(=O)c1cnc2n1CCN(C=O)C2C.CCc1ccccc1Cl. The Hall–Kier alpha value is -2.44. The van der Waals surface area contributed by atoms with Crippen molar-refractivity contribution in [1.82, 2.24) is 19.8 Å². The smallest absolute Gasteiger partial charge is 0.210 e. The van der Waals surface area contributed by atoms with Gasteiger partial charge in [0.1, 0.15) is 11.5 Å². The first-order valence-electron chi connectivity index (χ1n) is 11.3. The van der Waals surface area contributed by atoms with Crippen LogP contribution in [0.15, 0.2) is 42.6 Å². The first kappa shape index (κ1) is 25.8. The number of nitrogens with one attached hydrogen (secondary N) is 1. The van der Waals surface area contributed by atoms with E-state index in [0.29, 0.717) is 24.8 Å². The molecule has 1 aromatic carbocycles. The van der Waals surface area contributed by atoms with E-state index in [2.05, 4.69) is 36.3 Å². The van der Waals surface area contributed by atoms with Crippen molar-refractivity contribution in [1.29, 1.82) is 0 Å². The van der Waals surface area contributed by atoms with Crippen molar-refractivity contribution in [2.24, 2.45) is 0 Å². The summed E-state index contributed by atoms with van der Waals surface area (Å²) < 4.78 is 1.90. The van der Waals surface area contributed by atoms with Gasteiger partial charge >= 0.3 is 0 Å². The number of halogens is 1.